The monoisotopic (exact) mass is 289 g/mol. The molecule has 0 spiro atoms. The zero-order chi connectivity index (χ0) is 15.3. The number of aliphatic carboxylic acids is 1. The Kier molecular flexibility index (Phi) is 4.62. The van der Waals surface area contributed by atoms with Gasteiger partial charge in [-0.25, -0.2) is 0 Å². The molecule has 1 fully saturated rings. The highest BCUT2D eigenvalue weighted by Gasteiger charge is 2.41. The lowest BCUT2D eigenvalue weighted by molar-refractivity contribution is -0.148. The van der Waals surface area contributed by atoms with Gasteiger partial charge in [-0.3, -0.25) is 9.59 Å². The average molecular weight is 289 g/mol. The van der Waals surface area contributed by atoms with Crippen molar-refractivity contribution >= 4 is 18.0 Å². The third-order valence-electron chi connectivity index (χ3n) is 3.94. The van der Waals surface area contributed by atoms with Gasteiger partial charge in [-0.1, -0.05) is 25.0 Å². The van der Waals surface area contributed by atoms with Gasteiger partial charge in [-0.15, -0.1) is 0 Å². The van der Waals surface area contributed by atoms with Gasteiger partial charge in [0.1, 0.15) is 5.75 Å². The van der Waals surface area contributed by atoms with Crippen LogP contribution in [0.3, 0.4) is 0 Å². The van der Waals surface area contributed by atoms with Crippen molar-refractivity contribution in [2.45, 2.75) is 25.7 Å². The Balaban J connectivity index is 1.89. The van der Waals surface area contributed by atoms with Gasteiger partial charge in [-0.05, 0) is 36.6 Å². The lowest BCUT2D eigenvalue weighted by Gasteiger charge is -2.23. The number of benzene rings is 1. The molecule has 21 heavy (non-hydrogen) atoms. The smallest absolute Gasteiger partial charge is 0.311 e. The fraction of sp³-hybridized carbons (Fsp3) is 0.375. The largest absolute Gasteiger partial charge is 0.508 e. The van der Waals surface area contributed by atoms with Crippen LogP contribution in [0.2, 0.25) is 0 Å². The van der Waals surface area contributed by atoms with Gasteiger partial charge in [0.2, 0.25) is 5.91 Å². The van der Waals surface area contributed by atoms with E-state index in [0.717, 1.165) is 18.4 Å². The lowest BCUT2D eigenvalue weighted by atomic mass is 9.86. The van der Waals surface area contributed by atoms with Crippen LogP contribution in [-0.2, 0) is 9.59 Å². The molecule has 5 heteroatoms. The summed E-state index contributed by atoms with van der Waals surface area (Å²) in [5.74, 6) is -0.973. The minimum absolute atomic E-state index is 0.168. The quantitative estimate of drug-likeness (QED) is 0.725. The first kappa shape index (κ1) is 15.1. The van der Waals surface area contributed by atoms with E-state index in [1.165, 1.54) is 18.2 Å². The molecule has 0 atom stereocenters. The molecule has 112 valence electrons. The van der Waals surface area contributed by atoms with Gasteiger partial charge < -0.3 is 15.5 Å². The van der Waals surface area contributed by atoms with Crippen molar-refractivity contribution in [1.29, 1.82) is 0 Å². The van der Waals surface area contributed by atoms with Crippen LogP contribution >= 0.6 is 0 Å². The second-order valence-corrected chi connectivity index (χ2v) is 5.44. The van der Waals surface area contributed by atoms with Crippen LogP contribution in [0, 0.1) is 5.41 Å². The summed E-state index contributed by atoms with van der Waals surface area (Å²) in [7, 11) is 0. The van der Waals surface area contributed by atoms with E-state index in [2.05, 4.69) is 5.32 Å². The summed E-state index contributed by atoms with van der Waals surface area (Å²) in [5, 5.41) is 21.2. The van der Waals surface area contributed by atoms with Gasteiger partial charge in [-0.2, -0.15) is 0 Å². The van der Waals surface area contributed by atoms with Crippen LogP contribution in [0.4, 0.5) is 0 Å². The Hall–Kier alpha value is -2.30. The molecule has 0 aromatic heterocycles. The van der Waals surface area contributed by atoms with Crippen molar-refractivity contribution in [1.82, 2.24) is 5.32 Å². The van der Waals surface area contributed by atoms with Crippen LogP contribution in [0.1, 0.15) is 31.2 Å². The summed E-state index contributed by atoms with van der Waals surface area (Å²) in [6, 6.07) is 6.45. The summed E-state index contributed by atoms with van der Waals surface area (Å²) in [5.41, 5.74) is -0.0149. The van der Waals surface area contributed by atoms with Crippen LogP contribution in [0.5, 0.6) is 5.75 Å². The molecule has 0 unspecified atom stereocenters. The Bertz CT molecular complexity index is 542. The second-order valence-electron chi connectivity index (χ2n) is 5.44. The molecule has 0 saturated heterocycles. The number of aromatic hydroxyl groups is 1. The summed E-state index contributed by atoms with van der Waals surface area (Å²) in [4.78, 5) is 23.1. The molecule has 1 aromatic carbocycles. The van der Waals surface area contributed by atoms with E-state index in [0.29, 0.717) is 12.8 Å². The lowest BCUT2D eigenvalue weighted by Crippen LogP contribution is -2.40. The van der Waals surface area contributed by atoms with E-state index in [-0.39, 0.29) is 18.2 Å². The number of phenolic OH excluding ortho intramolecular Hbond substituents is 1. The van der Waals surface area contributed by atoms with Gasteiger partial charge in [0.15, 0.2) is 0 Å². The van der Waals surface area contributed by atoms with Crippen molar-refractivity contribution in [2.75, 3.05) is 6.54 Å². The van der Waals surface area contributed by atoms with Gasteiger partial charge in [0.05, 0.1) is 5.41 Å². The molecule has 0 heterocycles. The summed E-state index contributed by atoms with van der Waals surface area (Å²) < 4.78 is 0. The topological polar surface area (TPSA) is 86.6 Å². The van der Waals surface area contributed by atoms with Crippen LogP contribution in [0.25, 0.3) is 6.08 Å². The van der Waals surface area contributed by atoms with Crippen molar-refractivity contribution in [3.63, 3.8) is 0 Å². The fourth-order valence-electron chi connectivity index (χ4n) is 2.59. The number of hydrogen-bond acceptors (Lipinski definition) is 3. The number of phenols is 1. The normalized spacial score (nSPS) is 17.0. The summed E-state index contributed by atoms with van der Waals surface area (Å²) >= 11 is 0. The van der Waals surface area contributed by atoms with E-state index >= 15 is 0 Å². The zero-order valence-electron chi connectivity index (χ0n) is 11.7. The predicted molar refractivity (Wildman–Crippen MR) is 78.7 cm³/mol. The van der Waals surface area contributed by atoms with E-state index in [9.17, 15) is 14.7 Å². The molecule has 1 amide bonds. The molecule has 0 bridgehead atoms. The number of hydrogen-bond donors (Lipinski definition) is 3. The van der Waals surface area contributed by atoms with Crippen LogP contribution in [0.15, 0.2) is 30.3 Å². The zero-order valence-corrected chi connectivity index (χ0v) is 11.7. The predicted octanol–water partition coefficient (Wildman–Crippen LogP) is 2.17. The molecule has 1 aliphatic carbocycles. The Morgan fingerprint density at radius 1 is 1.19 bits per heavy atom. The highest BCUT2D eigenvalue weighted by molar-refractivity contribution is 5.92. The van der Waals surface area contributed by atoms with Crippen molar-refractivity contribution in [3.8, 4) is 5.75 Å². The van der Waals surface area contributed by atoms with Gasteiger partial charge in [0.25, 0.3) is 0 Å². The first-order valence-corrected chi connectivity index (χ1v) is 7.00. The number of carboxylic acid groups (broad SMARTS) is 1. The molecular weight excluding hydrogens is 270 g/mol. The first-order chi connectivity index (χ1) is 10.0. The maximum absolute atomic E-state index is 11.8. The third kappa shape index (κ3) is 3.84. The number of rotatable bonds is 5. The van der Waals surface area contributed by atoms with E-state index < -0.39 is 11.4 Å². The van der Waals surface area contributed by atoms with Crippen LogP contribution in [-0.4, -0.2) is 28.6 Å². The molecule has 1 aliphatic rings. The van der Waals surface area contributed by atoms with Crippen molar-refractivity contribution < 1.29 is 19.8 Å². The number of carboxylic acids is 1. The molecule has 0 radical (unpaired) electrons. The Labute approximate surface area is 123 Å². The molecule has 1 aromatic rings. The second kappa shape index (κ2) is 6.43. The number of carbonyl (C=O) groups is 2. The maximum atomic E-state index is 11.8. The SMILES string of the molecule is O=C(/C=C/c1ccc(O)cc1)NCC1(C(=O)O)CCCC1. The number of carbonyl (C=O) groups excluding carboxylic acids is 1. The fourth-order valence-corrected chi connectivity index (χ4v) is 2.59. The third-order valence-corrected chi connectivity index (χ3v) is 3.94. The van der Waals surface area contributed by atoms with E-state index in [4.69, 9.17) is 5.11 Å². The number of nitrogens with one attached hydrogen (secondary N) is 1. The van der Waals surface area contributed by atoms with E-state index in [1.54, 1.807) is 18.2 Å². The van der Waals surface area contributed by atoms with Crippen molar-refractivity contribution in [2.24, 2.45) is 5.41 Å². The minimum Gasteiger partial charge on any atom is -0.508 e. The van der Waals surface area contributed by atoms with Crippen LogP contribution < -0.4 is 5.32 Å². The standard InChI is InChI=1S/C16H19NO4/c18-13-6-3-12(4-7-13)5-8-14(19)17-11-16(15(20)21)9-1-2-10-16/h3-8,18H,1-2,9-11H2,(H,17,19)(H,20,21)/b8-5+. The molecule has 2 rings (SSSR count). The molecule has 1 saturated carbocycles. The average Bonchev–Trinajstić information content (AvgIpc) is 2.95. The molecule has 0 aliphatic heterocycles. The minimum atomic E-state index is -0.831. The highest BCUT2D eigenvalue weighted by atomic mass is 16.4. The summed E-state index contributed by atoms with van der Waals surface area (Å²) in [6.45, 7) is 0.168. The first-order valence-electron chi connectivity index (χ1n) is 7.00. The van der Waals surface area contributed by atoms with Crippen molar-refractivity contribution in [3.05, 3.63) is 35.9 Å². The maximum Gasteiger partial charge on any atom is 0.311 e. The number of amides is 1. The van der Waals surface area contributed by atoms with Gasteiger partial charge >= 0.3 is 5.97 Å². The summed E-state index contributed by atoms with van der Waals surface area (Å²) in [6.07, 6.45) is 6.01. The molecule has 3 N–H and O–H groups in total. The van der Waals surface area contributed by atoms with Gasteiger partial charge in [0, 0.05) is 12.6 Å². The Morgan fingerprint density at radius 3 is 2.38 bits per heavy atom. The highest BCUT2D eigenvalue weighted by Crippen LogP contribution is 2.37. The molecular formula is C16H19NO4. The molecule has 5 nitrogen and oxygen atoms in total. The van der Waals surface area contributed by atoms with E-state index in [1.807, 2.05) is 0 Å². The Morgan fingerprint density at radius 2 is 1.81 bits per heavy atom.